The molecule has 0 aliphatic rings. The Hall–Kier alpha value is -3.68. The van der Waals surface area contributed by atoms with E-state index >= 15 is 0 Å². The van der Waals surface area contributed by atoms with Gasteiger partial charge in [-0.2, -0.15) is 0 Å². The van der Waals surface area contributed by atoms with Crippen LogP contribution in [0.25, 0.3) is 11.0 Å². The fourth-order valence-corrected chi connectivity index (χ4v) is 3.69. The number of hydrogen-bond acceptors (Lipinski definition) is 5. The van der Waals surface area contributed by atoms with Gasteiger partial charge in [-0.3, -0.25) is 10.1 Å². The normalized spacial score (nSPS) is 12.2. The third kappa shape index (κ3) is 5.62. The molecule has 7 heteroatoms. The van der Waals surface area contributed by atoms with Crippen LogP contribution in [0.5, 0.6) is 0 Å². The second-order valence-corrected chi connectivity index (χ2v) is 9.46. The van der Waals surface area contributed by atoms with Crippen LogP contribution in [-0.4, -0.2) is 16.1 Å². The molecule has 0 spiro atoms. The number of aliphatic hydroxyl groups excluding tert-OH is 1. The van der Waals surface area contributed by atoms with Crippen LogP contribution in [0.2, 0.25) is 0 Å². The van der Waals surface area contributed by atoms with E-state index in [9.17, 15) is 9.90 Å². The number of anilines is 2. The largest absolute Gasteiger partial charge is 0.451 e. The highest BCUT2D eigenvalue weighted by Gasteiger charge is 2.15. The fraction of sp³-hybridized carbons (Fsp3) is 0.185. The zero-order chi connectivity index (χ0) is 24.3. The van der Waals surface area contributed by atoms with Crippen LogP contribution in [0.15, 0.2) is 83.3 Å². The molecule has 0 aliphatic heterocycles. The van der Waals surface area contributed by atoms with E-state index in [0.29, 0.717) is 11.3 Å². The number of hydrogen-bond donors (Lipinski definition) is 4. The summed E-state index contributed by atoms with van der Waals surface area (Å²) < 4.78 is 5.56. The molecule has 1 atom stereocenters. The molecule has 0 bridgehead atoms. The lowest BCUT2D eigenvalue weighted by molar-refractivity contribution is 0.0953. The minimum Gasteiger partial charge on any atom is -0.451 e. The molecule has 3 aromatic carbocycles. The molecule has 0 radical (unpaired) electrons. The maximum Gasteiger partial charge on any atom is 0.293 e. The van der Waals surface area contributed by atoms with Gasteiger partial charge >= 0.3 is 0 Å². The van der Waals surface area contributed by atoms with Crippen molar-refractivity contribution in [1.29, 1.82) is 0 Å². The first-order chi connectivity index (χ1) is 16.2. The molecule has 4 N–H and O–H groups in total. The van der Waals surface area contributed by atoms with E-state index in [-0.39, 0.29) is 16.3 Å². The molecule has 0 saturated carbocycles. The van der Waals surface area contributed by atoms with Crippen molar-refractivity contribution in [3.63, 3.8) is 0 Å². The molecule has 4 rings (SSSR count). The van der Waals surface area contributed by atoms with Gasteiger partial charge in [0.25, 0.3) is 5.91 Å². The fourth-order valence-electron chi connectivity index (χ4n) is 3.48. The van der Waals surface area contributed by atoms with E-state index in [1.165, 1.54) is 5.56 Å². The summed E-state index contributed by atoms with van der Waals surface area (Å²) >= 11 is 5.26. The van der Waals surface area contributed by atoms with Crippen molar-refractivity contribution in [3.05, 3.63) is 95.7 Å². The number of fused-ring (bicyclic) bond motifs is 1. The van der Waals surface area contributed by atoms with Gasteiger partial charge in [0.1, 0.15) is 5.58 Å². The Morgan fingerprint density at radius 3 is 2.24 bits per heavy atom. The summed E-state index contributed by atoms with van der Waals surface area (Å²) in [5, 5.41) is 20.2. The van der Waals surface area contributed by atoms with Crippen LogP contribution in [0.4, 0.5) is 11.4 Å². The molecule has 0 saturated heterocycles. The topological polar surface area (TPSA) is 86.5 Å². The molecule has 1 unspecified atom stereocenters. The summed E-state index contributed by atoms with van der Waals surface area (Å²) in [6.45, 7) is 6.47. The monoisotopic (exact) mass is 473 g/mol. The highest BCUT2D eigenvalue weighted by Crippen LogP contribution is 2.25. The van der Waals surface area contributed by atoms with E-state index in [4.69, 9.17) is 16.6 Å². The van der Waals surface area contributed by atoms with Gasteiger partial charge < -0.3 is 20.2 Å². The summed E-state index contributed by atoms with van der Waals surface area (Å²) in [7, 11) is 0. The molecule has 1 heterocycles. The standard InChI is InChI=1S/C27H27N3O3S/c1-27(2,3)19-10-8-17(9-11-19)24(31)28-20-12-14-21(15-13-20)29-26(34)30-25(32)23-16-18-6-4-5-7-22(18)33-23/h4-16,24,28,31H,1-3H3,(H2,29,30,32,34). The SMILES string of the molecule is CC(C)(C)c1ccc(C(O)Nc2ccc(NC(=S)NC(=O)c3cc4ccccc4o3)cc2)cc1. The molecule has 34 heavy (non-hydrogen) atoms. The predicted octanol–water partition coefficient (Wildman–Crippen LogP) is 5.96. The number of aliphatic hydroxyl groups is 1. The van der Waals surface area contributed by atoms with E-state index in [2.05, 4.69) is 36.7 Å². The summed E-state index contributed by atoms with van der Waals surface area (Å²) in [4.78, 5) is 12.4. The Bertz CT molecular complexity index is 1270. The summed E-state index contributed by atoms with van der Waals surface area (Å²) in [5.74, 6) is -0.234. The summed E-state index contributed by atoms with van der Waals surface area (Å²) in [6.07, 6.45) is -0.836. The third-order valence-corrected chi connectivity index (χ3v) is 5.62. The van der Waals surface area contributed by atoms with E-state index in [0.717, 1.165) is 16.6 Å². The first kappa shape index (κ1) is 23.5. The Labute approximate surface area is 204 Å². The number of benzene rings is 3. The minimum atomic E-state index is -0.836. The Balaban J connectivity index is 1.32. The van der Waals surface area contributed by atoms with Gasteiger partial charge in [0, 0.05) is 22.3 Å². The number of nitrogens with one attached hydrogen (secondary N) is 3. The highest BCUT2D eigenvalue weighted by atomic mass is 32.1. The quantitative estimate of drug-likeness (QED) is 0.211. The number of furan rings is 1. The maximum absolute atomic E-state index is 12.4. The molecule has 6 nitrogen and oxygen atoms in total. The van der Waals surface area contributed by atoms with Gasteiger partial charge in [-0.25, -0.2) is 0 Å². The van der Waals surface area contributed by atoms with Crippen LogP contribution in [-0.2, 0) is 5.41 Å². The Kier molecular flexibility index (Phi) is 6.68. The first-order valence-corrected chi connectivity index (χ1v) is 11.4. The minimum absolute atomic E-state index is 0.0614. The smallest absolute Gasteiger partial charge is 0.293 e. The molecule has 174 valence electrons. The first-order valence-electron chi connectivity index (χ1n) is 10.9. The highest BCUT2D eigenvalue weighted by molar-refractivity contribution is 7.80. The molecule has 0 fully saturated rings. The second kappa shape index (κ2) is 9.67. The third-order valence-electron chi connectivity index (χ3n) is 5.41. The molecule has 1 aromatic heterocycles. The van der Waals surface area contributed by atoms with Crippen LogP contribution in [0.1, 0.15) is 48.7 Å². The number of amides is 1. The zero-order valence-corrected chi connectivity index (χ0v) is 20.1. The number of carbonyl (C=O) groups excluding carboxylic acids is 1. The average Bonchev–Trinajstić information content (AvgIpc) is 3.24. The van der Waals surface area contributed by atoms with Gasteiger partial charge in [-0.15, -0.1) is 0 Å². The van der Waals surface area contributed by atoms with E-state index in [1.54, 1.807) is 24.3 Å². The Morgan fingerprint density at radius 1 is 0.941 bits per heavy atom. The lowest BCUT2D eigenvalue weighted by Crippen LogP contribution is -2.33. The van der Waals surface area contributed by atoms with Crippen molar-refractivity contribution in [2.45, 2.75) is 32.4 Å². The van der Waals surface area contributed by atoms with Gasteiger partial charge in [0.15, 0.2) is 17.1 Å². The molecular formula is C27H27N3O3S. The lowest BCUT2D eigenvalue weighted by Gasteiger charge is -2.20. The maximum atomic E-state index is 12.4. The van der Waals surface area contributed by atoms with Crippen molar-refractivity contribution in [1.82, 2.24) is 5.32 Å². The van der Waals surface area contributed by atoms with Gasteiger partial charge in [0.2, 0.25) is 0 Å². The van der Waals surface area contributed by atoms with Crippen molar-refractivity contribution < 1.29 is 14.3 Å². The van der Waals surface area contributed by atoms with E-state index in [1.807, 2.05) is 54.6 Å². The predicted molar refractivity (Wildman–Crippen MR) is 140 cm³/mol. The molecular weight excluding hydrogens is 446 g/mol. The van der Waals surface area contributed by atoms with Crippen LogP contribution in [0, 0.1) is 0 Å². The Morgan fingerprint density at radius 2 is 1.59 bits per heavy atom. The summed E-state index contributed by atoms with van der Waals surface area (Å²) in [5.41, 5.74) is 4.14. The van der Waals surface area contributed by atoms with Gasteiger partial charge in [-0.05, 0) is 59.6 Å². The van der Waals surface area contributed by atoms with Crippen LogP contribution in [0.3, 0.4) is 0 Å². The van der Waals surface area contributed by atoms with Crippen molar-refractivity contribution in [3.8, 4) is 0 Å². The number of para-hydroxylation sites is 1. The second-order valence-electron chi connectivity index (χ2n) is 9.05. The molecule has 1 amide bonds. The van der Waals surface area contributed by atoms with Crippen molar-refractivity contribution >= 4 is 45.6 Å². The average molecular weight is 474 g/mol. The molecule has 4 aromatic rings. The number of rotatable bonds is 5. The zero-order valence-electron chi connectivity index (χ0n) is 19.3. The molecule has 0 aliphatic carbocycles. The van der Waals surface area contributed by atoms with E-state index < -0.39 is 12.1 Å². The van der Waals surface area contributed by atoms with Crippen LogP contribution >= 0.6 is 12.2 Å². The van der Waals surface area contributed by atoms with Crippen molar-refractivity contribution in [2.24, 2.45) is 0 Å². The van der Waals surface area contributed by atoms with Crippen molar-refractivity contribution in [2.75, 3.05) is 10.6 Å². The number of thiocarbonyl (C=S) groups is 1. The van der Waals surface area contributed by atoms with Crippen LogP contribution < -0.4 is 16.0 Å². The number of carbonyl (C=O) groups is 1. The lowest BCUT2D eigenvalue weighted by atomic mass is 9.86. The van der Waals surface area contributed by atoms with Gasteiger partial charge in [-0.1, -0.05) is 63.2 Å². The van der Waals surface area contributed by atoms with Gasteiger partial charge in [0.05, 0.1) is 0 Å². The summed E-state index contributed by atoms with van der Waals surface area (Å²) in [6, 6.07) is 24.2.